The van der Waals surface area contributed by atoms with Gasteiger partial charge in [-0.05, 0) is 45.0 Å². The van der Waals surface area contributed by atoms with E-state index in [1.165, 1.54) is 6.33 Å². The molecule has 5 nitrogen and oxygen atoms in total. The second-order valence-corrected chi connectivity index (χ2v) is 4.52. The van der Waals surface area contributed by atoms with Crippen LogP contribution >= 0.6 is 0 Å². The van der Waals surface area contributed by atoms with Crippen molar-refractivity contribution in [3.63, 3.8) is 0 Å². The lowest BCUT2D eigenvalue weighted by Crippen LogP contribution is -2.13. The maximum atomic E-state index is 11.9. The van der Waals surface area contributed by atoms with Crippen LogP contribution in [0.25, 0.3) is 0 Å². The molecular formula is C14H17N3O2. The summed E-state index contributed by atoms with van der Waals surface area (Å²) in [4.78, 5) is 18.8. The Hall–Kier alpha value is -2.30. The van der Waals surface area contributed by atoms with Gasteiger partial charge in [0, 0.05) is 11.4 Å². The smallest absolute Gasteiger partial charge is 0.276 e. The van der Waals surface area contributed by atoms with Crippen molar-refractivity contribution in [2.24, 2.45) is 0 Å². The van der Waals surface area contributed by atoms with E-state index in [2.05, 4.69) is 15.3 Å². The van der Waals surface area contributed by atoms with Crippen LogP contribution in [-0.2, 0) is 0 Å². The van der Waals surface area contributed by atoms with Crippen molar-refractivity contribution in [1.82, 2.24) is 9.97 Å². The first kappa shape index (κ1) is 13.1. The zero-order valence-corrected chi connectivity index (χ0v) is 11.2. The first-order chi connectivity index (χ1) is 9.06. The number of aryl methyl sites for hydroxylation is 1. The van der Waals surface area contributed by atoms with Crippen LogP contribution in [0.15, 0.2) is 30.6 Å². The molecule has 1 heterocycles. The summed E-state index contributed by atoms with van der Waals surface area (Å²) in [6.45, 7) is 5.74. The predicted octanol–water partition coefficient (Wildman–Crippen LogP) is 2.76. The number of anilines is 1. The Balaban J connectivity index is 2.04. The molecule has 0 fully saturated rings. The van der Waals surface area contributed by atoms with Crippen molar-refractivity contribution >= 4 is 11.6 Å². The number of aromatic nitrogens is 2. The van der Waals surface area contributed by atoms with E-state index in [1.54, 1.807) is 12.1 Å². The normalized spacial score (nSPS) is 10.5. The van der Waals surface area contributed by atoms with Crippen LogP contribution in [0.1, 0.15) is 30.0 Å². The highest BCUT2D eigenvalue weighted by molar-refractivity contribution is 6.03. The number of benzene rings is 1. The van der Waals surface area contributed by atoms with E-state index >= 15 is 0 Å². The van der Waals surface area contributed by atoms with Crippen molar-refractivity contribution in [3.8, 4) is 5.75 Å². The molecule has 0 unspecified atom stereocenters. The molecule has 100 valence electrons. The molecule has 5 heteroatoms. The number of H-pyrrole nitrogens is 1. The average Bonchev–Trinajstić information content (AvgIpc) is 2.77. The van der Waals surface area contributed by atoms with Gasteiger partial charge in [-0.1, -0.05) is 0 Å². The Morgan fingerprint density at radius 2 is 2.00 bits per heavy atom. The van der Waals surface area contributed by atoms with E-state index in [9.17, 15) is 4.79 Å². The Morgan fingerprint density at radius 1 is 1.32 bits per heavy atom. The fourth-order valence-corrected chi connectivity index (χ4v) is 1.67. The standard InChI is InChI=1S/C14H17N3O2/c1-9(2)19-12-6-4-11(5-7-12)17-14(18)13-10(3)15-8-16-13/h4-9H,1-3H3,(H,15,16)(H,17,18). The van der Waals surface area contributed by atoms with Gasteiger partial charge < -0.3 is 15.0 Å². The van der Waals surface area contributed by atoms with Gasteiger partial charge in [-0.15, -0.1) is 0 Å². The number of aromatic amines is 1. The Labute approximate surface area is 112 Å². The molecule has 1 aromatic heterocycles. The van der Waals surface area contributed by atoms with Crippen LogP contribution in [0.2, 0.25) is 0 Å². The van der Waals surface area contributed by atoms with Crippen LogP contribution in [-0.4, -0.2) is 22.0 Å². The number of hydrogen-bond acceptors (Lipinski definition) is 3. The highest BCUT2D eigenvalue weighted by Gasteiger charge is 2.11. The van der Waals surface area contributed by atoms with E-state index in [0.717, 1.165) is 11.4 Å². The summed E-state index contributed by atoms with van der Waals surface area (Å²) in [5.41, 5.74) is 1.86. The third kappa shape index (κ3) is 3.34. The van der Waals surface area contributed by atoms with Gasteiger partial charge >= 0.3 is 0 Å². The maximum Gasteiger partial charge on any atom is 0.276 e. The fourth-order valence-electron chi connectivity index (χ4n) is 1.67. The second kappa shape index (κ2) is 5.56. The Morgan fingerprint density at radius 3 is 2.53 bits per heavy atom. The lowest BCUT2D eigenvalue weighted by atomic mass is 10.2. The van der Waals surface area contributed by atoms with Crippen LogP contribution in [0.5, 0.6) is 5.75 Å². The van der Waals surface area contributed by atoms with Gasteiger partial charge in [-0.3, -0.25) is 4.79 Å². The minimum atomic E-state index is -0.226. The molecule has 0 saturated carbocycles. The first-order valence-corrected chi connectivity index (χ1v) is 6.14. The number of nitrogens with zero attached hydrogens (tertiary/aromatic N) is 1. The predicted molar refractivity (Wildman–Crippen MR) is 73.5 cm³/mol. The highest BCUT2D eigenvalue weighted by atomic mass is 16.5. The molecule has 1 amide bonds. The summed E-state index contributed by atoms with van der Waals surface area (Å²) < 4.78 is 5.54. The molecule has 2 aromatic rings. The summed E-state index contributed by atoms with van der Waals surface area (Å²) in [5.74, 6) is 0.556. The van der Waals surface area contributed by atoms with Gasteiger partial charge in [0.15, 0.2) is 0 Å². The monoisotopic (exact) mass is 259 g/mol. The molecule has 0 atom stereocenters. The Bertz CT molecular complexity index is 558. The minimum Gasteiger partial charge on any atom is -0.491 e. The molecule has 2 rings (SSSR count). The maximum absolute atomic E-state index is 11.9. The van der Waals surface area contributed by atoms with Crippen molar-refractivity contribution in [1.29, 1.82) is 0 Å². The average molecular weight is 259 g/mol. The summed E-state index contributed by atoms with van der Waals surface area (Å²) >= 11 is 0. The molecule has 0 radical (unpaired) electrons. The van der Waals surface area contributed by atoms with Gasteiger partial charge in [0.1, 0.15) is 11.4 Å². The van der Waals surface area contributed by atoms with E-state index in [0.29, 0.717) is 11.4 Å². The molecule has 0 saturated heterocycles. The third-order valence-corrected chi connectivity index (χ3v) is 2.53. The van der Waals surface area contributed by atoms with E-state index in [4.69, 9.17) is 4.74 Å². The van der Waals surface area contributed by atoms with Gasteiger partial charge in [-0.2, -0.15) is 0 Å². The lowest BCUT2D eigenvalue weighted by Gasteiger charge is -2.10. The zero-order chi connectivity index (χ0) is 13.8. The van der Waals surface area contributed by atoms with Crippen molar-refractivity contribution in [3.05, 3.63) is 42.0 Å². The van der Waals surface area contributed by atoms with Gasteiger partial charge in [0.2, 0.25) is 0 Å². The molecule has 0 spiro atoms. The number of carbonyl (C=O) groups excluding carboxylic acids is 1. The summed E-state index contributed by atoms with van der Waals surface area (Å²) in [6, 6.07) is 7.26. The molecule has 0 aliphatic rings. The molecule has 0 aliphatic heterocycles. The van der Waals surface area contributed by atoms with Crippen LogP contribution < -0.4 is 10.1 Å². The van der Waals surface area contributed by atoms with E-state index < -0.39 is 0 Å². The number of imidazole rings is 1. The lowest BCUT2D eigenvalue weighted by molar-refractivity contribution is 0.102. The van der Waals surface area contributed by atoms with Crippen LogP contribution in [0, 0.1) is 6.92 Å². The number of nitrogens with one attached hydrogen (secondary N) is 2. The van der Waals surface area contributed by atoms with Crippen molar-refractivity contribution in [2.75, 3.05) is 5.32 Å². The third-order valence-electron chi connectivity index (χ3n) is 2.53. The number of ether oxygens (including phenoxy) is 1. The van der Waals surface area contributed by atoms with E-state index in [-0.39, 0.29) is 12.0 Å². The van der Waals surface area contributed by atoms with Gasteiger partial charge in [-0.25, -0.2) is 4.98 Å². The molecule has 0 bridgehead atoms. The second-order valence-electron chi connectivity index (χ2n) is 4.52. The van der Waals surface area contributed by atoms with Crippen LogP contribution in [0.3, 0.4) is 0 Å². The number of rotatable bonds is 4. The fraction of sp³-hybridized carbons (Fsp3) is 0.286. The topological polar surface area (TPSA) is 67.0 Å². The highest BCUT2D eigenvalue weighted by Crippen LogP contribution is 2.17. The zero-order valence-electron chi connectivity index (χ0n) is 11.2. The van der Waals surface area contributed by atoms with Crippen molar-refractivity contribution < 1.29 is 9.53 Å². The first-order valence-electron chi connectivity index (χ1n) is 6.14. The number of hydrogen-bond donors (Lipinski definition) is 2. The largest absolute Gasteiger partial charge is 0.491 e. The molecule has 2 N–H and O–H groups in total. The summed E-state index contributed by atoms with van der Waals surface area (Å²) in [6.07, 6.45) is 1.64. The summed E-state index contributed by atoms with van der Waals surface area (Å²) in [5, 5.41) is 2.79. The van der Waals surface area contributed by atoms with Crippen LogP contribution in [0.4, 0.5) is 5.69 Å². The SMILES string of the molecule is Cc1[nH]cnc1C(=O)Nc1ccc(OC(C)C)cc1. The molecule has 1 aromatic carbocycles. The molecular weight excluding hydrogens is 242 g/mol. The van der Waals surface area contributed by atoms with Gasteiger partial charge in [0.25, 0.3) is 5.91 Å². The minimum absolute atomic E-state index is 0.132. The number of carbonyl (C=O) groups is 1. The van der Waals surface area contributed by atoms with Crippen molar-refractivity contribution in [2.45, 2.75) is 26.9 Å². The molecule has 19 heavy (non-hydrogen) atoms. The Kier molecular flexibility index (Phi) is 3.85. The molecule has 0 aliphatic carbocycles. The quantitative estimate of drug-likeness (QED) is 0.887. The summed E-state index contributed by atoms with van der Waals surface area (Å²) in [7, 11) is 0. The van der Waals surface area contributed by atoms with E-state index in [1.807, 2.05) is 32.9 Å². The van der Waals surface area contributed by atoms with Gasteiger partial charge in [0.05, 0.1) is 12.4 Å². The number of amides is 1.